The van der Waals surface area contributed by atoms with Crippen molar-refractivity contribution in [3.05, 3.63) is 60.8 Å². The molecule has 0 heterocycles. The Morgan fingerprint density at radius 3 is 1.61 bits per heavy atom. The number of hydrogen-bond donors (Lipinski definition) is 7. The molecule has 1 aliphatic carbocycles. The number of aliphatic hydroxyl groups excluding tert-OH is 6. The molecule has 0 radical (unpaired) electrons. The molecule has 4 unspecified atom stereocenters. The minimum atomic E-state index is -5.18. The number of carbonyl (C=O) groups is 2. The zero-order valence-corrected chi connectivity index (χ0v) is 39.8. The van der Waals surface area contributed by atoms with Gasteiger partial charge in [-0.15, -0.1) is 0 Å². The first-order valence-electron chi connectivity index (χ1n) is 24.2. The number of aliphatic hydroxyl groups is 6. The zero-order chi connectivity index (χ0) is 47.3. The Morgan fingerprint density at radius 1 is 0.562 bits per heavy atom. The topological polar surface area (TPSA) is 230 Å². The Balaban J connectivity index is 2.53. The van der Waals surface area contributed by atoms with Gasteiger partial charge >= 0.3 is 19.8 Å². The third-order valence-electron chi connectivity index (χ3n) is 10.9. The number of carbonyl (C=O) groups excluding carboxylic acids is 2. The Hall–Kier alpha value is -2.49. The second-order valence-corrected chi connectivity index (χ2v) is 18.2. The summed E-state index contributed by atoms with van der Waals surface area (Å²) in [6, 6.07) is 0. The molecular formula is C49H85O14P. The van der Waals surface area contributed by atoms with Gasteiger partial charge in [0.1, 0.15) is 43.2 Å². The molecule has 0 aromatic carbocycles. The molecule has 0 spiro atoms. The number of esters is 2. The summed E-state index contributed by atoms with van der Waals surface area (Å²) in [5.41, 5.74) is 0. The van der Waals surface area contributed by atoms with Crippen LogP contribution in [-0.4, -0.2) is 110 Å². The summed E-state index contributed by atoms with van der Waals surface area (Å²) < 4.78 is 33.4. The summed E-state index contributed by atoms with van der Waals surface area (Å²) in [4.78, 5) is 35.8. The average Bonchev–Trinajstić information content (AvgIpc) is 3.27. The van der Waals surface area contributed by atoms with Crippen molar-refractivity contribution in [2.75, 3.05) is 13.2 Å². The molecule has 0 amide bonds. The maximum Gasteiger partial charge on any atom is 0.472 e. The highest BCUT2D eigenvalue weighted by molar-refractivity contribution is 7.47. The number of ether oxygens (including phenoxy) is 2. The number of phosphoric ester groups is 1. The van der Waals surface area contributed by atoms with Crippen LogP contribution < -0.4 is 0 Å². The molecule has 0 aromatic heterocycles. The van der Waals surface area contributed by atoms with Crippen molar-refractivity contribution >= 4 is 19.8 Å². The predicted octanol–water partition coefficient (Wildman–Crippen LogP) is 8.70. The van der Waals surface area contributed by atoms with E-state index in [2.05, 4.69) is 50.3 Å². The summed E-state index contributed by atoms with van der Waals surface area (Å²) in [7, 11) is -5.18. The van der Waals surface area contributed by atoms with Gasteiger partial charge in [-0.25, -0.2) is 4.57 Å². The fourth-order valence-electron chi connectivity index (χ4n) is 6.97. The van der Waals surface area contributed by atoms with Crippen molar-refractivity contribution in [1.82, 2.24) is 0 Å². The van der Waals surface area contributed by atoms with Gasteiger partial charge < -0.3 is 45.0 Å². The van der Waals surface area contributed by atoms with Crippen molar-refractivity contribution in [1.29, 1.82) is 0 Å². The van der Waals surface area contributed by atoms with Gasteiger partial charge in [0.25, 0.3) is 0 Å². The Kier molecular flexibility index (Phi) is 35.9. The van der Waals surface area contributed by atoms with Crippen LogP contribution in [0, 0.1) is 0 Å². The number of allylic oxidation sites excluding steroid dienone is 9. The van der Waals surface area contributed by atoms with E-state index in [4.69, 9.17) is 18.5 Å². The van der Waals surface area contributed by atoms with Crippen LogP contribution in [0.2, 0.25) is 0 Å². The molecule has 1 aliphatic rings. The second kappa shape index (κ2) is 38.6. The lowest BCUT2D eigenvalue weighted by Crippen LogP contribution is -2.64. The van der Waals surface area contributed by atoms with E-state index in [0.29, 0.717) is 6.42 Å². The molecule has 370 valence electrons. The first-order valence-corrected chi connectivity index (χ1v) is 25.7. The molecule has 7 N–H and O–H groups in total. The molecule has 0 aliphatic heterocycles. The van der Waals surface area contributed by atoms with Gasteiger partial charge in [0.15, 0.2) is 6.10 Å². The summed E-state index contributed by atoms with van der Waals surface area (Å²) in [5, 5.41) is 60.5. The lowest BCUT2D eigenvalue weighted by molar-refractivity contribution is -0.220. The van der Waals surface area contributed by atoms with E-state index in [1.54, 1.807) is 12.2 Å². The van der Waals surface area contributed by atoms with Gasteiger partial charge in [-0.05, 0) is 70.6 Å². The highest BCUT2D eigenvalue weighted by Gasteiger charge is 2.51. The van der Waals surface area contributed by atoms with Crippen LogP contribution in [-0.2, 0) is 32.7 Å². The van der Waals surface area contributed by atoms with Crippen LogP contribution >= 0.6 is 7.82 Å². The second-order valence-electron chi connectivity index (χ2n) is 16.8. The fraction of sp³-hybridized carbons (Fsp3) is 0.755. The van der Waals surface area contributed by atoms with Crippen molar-refractivity contribution in [3.8, 4) is 0 Å². The zero-order valence-electron chi connectivity index (χ0n) is 38.9. The highest BCUT2D eigenvalue weighted by Crippen LogP contribution is 2.47. The lowest BCUT2D eigenvalue weighted by Gasteiger charge is -2.41. The Morgan fingerprint density at radius 2 is 1.03 bits per heavy atom. The van der Waals surface area contributed by atoms with Gasteiger partial charge in [-0.2, -0.15) is 0 Å². The molecule has 1 rings (SSSR count). The summed E-state index contributed by atoms with van der Waals surface area (Å²) >= 11 is 0. The maximum absolute atomic E-state index is 12.8. The molecule has 0 bridgehead atoms. The predicted molar refractivity (Wildman–Crippen MR) is 250 cm³/mol. The van der Waals surface area contributed by atoms with Crippen LogP contribution in [0.15, 0.2) is 60.8 Å². The Labute approximate surface area is 384 Å². The van der Waals surface area contributed by atoms with Gasteiger partial charge in [0.05, 0.1) is 12.7 Å². The van der Waals surface area contributed by atoms with E-state index in [0.717, 1.165) is 70.6 Å². The molecule has 0 aromatic rings. The van der Waals surface area contributed by atoms with E-state index in [1.807, 2.05) is 12.2 Å². The van der Waals surface area contributed by atoms with Crippen LogP contribution in [0.5, 0.6) is 0 Å². The van der Waals surface area contributed by atoms with Crippen LogP contribution in [0.4, 0.5) is 0 Å². The highest BCUT2D eigenvalue weighted by atomic mass is 31.2. The number of rotatable bonds is 39. The van der Waals surface area contributed by atoms with Gasteiger partial charge in [0, 0.05) is 12.8 Å². The molecule has 1 fully saturated rings. The molecule has 9 atom stereocenters. The molecule has 64 heavy (non-hydrogen) atoms. The van der Waals surface area contributed by atoms with Crippen LogP contribution in [0.1, 0.15) is 174 Å². The van der Waals surface area contributed by atoms with Crippen molar-refractivity contribution in [2.45, 2.75) is 223 Å². The smallest absolute Gasteiger partial charge is 0.462 e. The Bertz CT molecular complexity index is 1370. The van der Waals surface area contributed by atoms with Crippen molar-refractivity contribution in [3.63, 3.8) is 0 Å². The van der Waals surface area contributed by atoms with Crippen molar-refractivity contribution < 1.29 is 68.2 Å². The minimum Gasteiger partial charge on any atom is -0.462 e. The molecule has 14 nitrogen and oxygen atoms in total. The third kappa shape index (κ3) is 30.7. The van der Waals surface area contributed by atoms with Crippen molar-refractivity contribution in [2.24, 2.45) is 0 Å². The normalized spacial score (nSPS) is 22.6. The quantitative estimate of drug-likeness (QED) is 0.0101. The average molecular weight is 929 g/mol. The largest absolute Gasteiger partial charge is 0.472 e. The first-order chi connectivity index (χ1) is 30.8. The first kappa shape index (κ1) is 59.5. The lowest BCUT2D eigenvalue weighted by atomic mass is 9.85. The van der Waals surface area contributed by atoms with E-state index in [-0.39, 0.29) is 25.7 Å². The van der Waals surface area contributed by atoms with E-state index >= 15 is 0 Å². The summed E-state index contributed by atoms with van der Waals surface area (Å²) in [6.45, 7) is 3.10. The number of phosphoric acid groups is 1. The standard InChI is InChI=1S/C49H85O14P/c1-3-5-7-9-11-13-15-17-18-19-20-22-24-26-28-30-32-36-42(51)60-38-41(39-61-64(58,59)63-49-47(56)45(54)44(53)46(55)48(49)57)62-43(52)37-33-35-40(50)34-31-29-27-25-23-21-16-14-12-10-8-6-4-2/h11,13,17-18,21,23,27,29,31,34,40-41,44-50,53-57H,3-10,12,14-16,19-20,22,24-26,28,30,32-33,35-39H2,1-2H3,(H,58,59)/b13-11-,18-17-,23-21+,29-27+,34-31+/t40?,41-,44?,45-,46+,47-,48-,49?/m1/s1. The molecular weight excluding hydrogens is 843 g/mol. The van der Waals surface area contributed by atoms with Crippen LogP contribution in [0.25, 0.3) is 0 Å². The monoisotopic (exact) mass is 929 g/mol. The van der Waals surface area contributed by atoms with Gasteiger partial charge in [0.2, 0.25) is 0 Å². The third-order valence-corrected chi connectivity index (χ3v) is 11.9. The summed E-state index contributed by atoms with van der Waals surface area (Å²) in [5.74, 6) is -1.31. The molecule has 0 saturated heterocycles. The number of unbranched alkanes of at least 4 members (excludes halogenated alkanes) is 16. The SMILES string of the molecule is CCCCC/C=C\C/C=C\CCCCCCCCCC(=O)OC[C@H](COP(=O)(O)OC1[C@H](O)[C@H](O)C(O)[C@H](O)[C@H]1O)OC(=O)CCCC(O)/C=C/C=C/C/C=C/CCCCCCCC. The minimum absolute atomic E-state index is 0.117. The van der Waals surface area contributed by atoms with E-state index < -0.39 is 81.8 Å². The van der Waals surface area contributed by atoms with E-state index in [1.165, 1.54) is 57.8 Å². The number of hydrogen-bond acceptors (Lipinski definition) is 13. The van der Waals surface area contributed by atoms with Gasteiger partial charge in [-0.3, -0.25) is 18.6 Å². The molecule has 15 heteroatoms. The molecule has 1 saturated carbocycles. The van der Waals surface area contributed by atoms with Gasteiger partial charge in [-0.1, -0.05) is 152 Å². The summed E-state index contributed by atoms with van der Waals surface area (Å²) in [6.07, 6.45) is 30.0. The van der Waals surface area contributed by atoms with E-state index in [9.17, 15) is 49.7 Å². The van der Waals surface area contributed by atoms with Crippen LogP contribution in [0.3, 0.4) is 0 Å². The fourth-order valence-corrected chi connectivity index (χ4v) is 7.95. The maximum atomic E-state index is 12.8.